The molecule has 0 aromatic carbocycles. The number of H-pyrrole nitrogens is 1. The number of hydrogen-bond acceptors (Lipinski definition) is 7. The van der Waals surface area contributed by atoms with Gasteiger partial charge in [0.1, 0.15) is 4.90 Å². The molecule has 0 unspecified atom stereocenters. The summed E-state index contributed by atoms with van der Waals surface area (Å²) in [4.78, 5) is 5.80. The van der Waals surface area contributed by atoms with Crippen LogP contribution in [0.5, 0.6) is 17.4 Å². The summed E-state index contributed by atoms with van der Waals surface area (Å²) in [5.41, 5.74) is -3.25. The van der Waals surface area contributed by atoms with E-state index in [1.807, 2.05) is 0 Å². The van der Waals surface area contributed by atoms with Crippen molar-refractivity contribution in [3.05, 3.63) is 23.5 Å². The lowest BCUT2D eigenvalue weighted by Crippen LogP contribution is -2.51. The van der Waals surface area contributed by atoms with E-state index in [1.165, 1.54) is 0 Å². The highest BCUT2D eigenvalue weighted by Gasteiger charge is 2.57. The fraction of sp³-hybridized carbons (Fsp3) is 0.500. The Morgan fingerprint density at radius 1 is 1.27 bits per heavy atom. The molecule has 184 valence electrons. The molecule has 2 N–H and O–H groups in total. The first-order valence-corrected chi connectivity index (χ1v) is 10.6. The molecule has 0 amide bonds. The predicted octanol–water partition coefficient (Wildman–Crippen LogP) is 3.27. The van der Waals surface area contributed by atoms with Crippen LogP contribution in [0.15, 0.2) is 17.2 Å². The molecular formula is C18H20F5N3O6S. The number of methoxy groups -OCH3 is 3. The van der Waals surface area contributed by atoms with Crippen molar-refractivity contribution in [3.63, 3.8) is 0 Å². The third kappa shape index (κ3) is 4.64. The highest BCUT2D eigenvalue weighted by atomic mass is 32.2. The lowest BCUT2D eigenvalue weighted by atomic mass is 9.83. The van der Waals surface area contributed by atoms with Crippen LogP contribution in [0.25, 0.3) is 0 Å². The van der Waals surface area contributed by atoms with E-state index in [-0.39, 0.29) is 17.0 Å². The van der Waals surface area contributed by atoms with Gasteiger partial charge in [-0.2, -0.15) is 26.9 Å². The molecule has 1 atom stereocenters. The summed E-state index contributed by atoms with van der Waals surface area (Å²) in [5, 5.41) is 0. The monoisotopic (exact) mass is 504 g/mol. The zero-order valence-electron chi connectivity index (χ0n) is 20.0. The molecule has 0 spiro atoms. The lowest BCUT2D eigenvalue weighted by Gasteiger charge is -2.37. The first-order valence-electron chi connectivity index (χ1n) is 10.6. The summed E-state index contributed by atoms with van der Waals surface area (Å²) < 4.78 is 135. The maximum absolute atomic E-state index is 13.8. The molecule has 2 aromatic rings. The Balaban J connectivity index is 1.97. The van der Waals surface area contributed by atoms with Crippen LogP contribution >= 0.6 is 0 Å². The molecular weight excluding hydrogens is 481 g/mol. The van der Waals surface area contributed by atoms with Crippen LogP contribution in [-0.4, -0.2) is 58.0 Å². The van der Waals surface area contributed by atoms with E-state index in [0.717, 1.165) is 26.5 Å². The summed E-state index contributed by atoms with van der Waals surface area (Å²) in [7, 11) is -5.69. The van der Waals surface area contributed by atoms with Crippen molar-refractivity contribution < 1.29 is 53.4 Å². The molecule has 15 heteroatoms. The van der Waals surface area contributed by atoms with Gasteiger partial charge >= 0.3 is 12.8 Å². The van der Waals surface area contributed by atoms with Gasteiger partial charge < -0.3 is 23.9 Å². The van der Waals surface area contributed by atoms with E-state index < -0.39 is 77.1 Å². The van der Waals surface area contributed by atoms with E-state index in [1.54, 1.807) is 0 Å². The minimum atomic E-state index is -5.06. The third-order valence-electron chi connectivity index (χ3n) is 5.06. The van der Waals surface area contributed by atoms with Crippen LogP contribution in [0, 0.1) is 0 Å². The van der Waals surface area contributed by atoms with E-state index in [2.05, 4.69) is 24.2 Å². The highest BCUT2D eigenvalue weighted by Crippen LogP contribution is 2.44. The molecule has 0 radical (unpaired) electrons. The van der Waals surface area contributed by atoms with Crippen LogP contribution in [0.4, 0.5) is 27.8 Å². The third-order valence-corrected chi connectivity index (χ3v) is 6.47. The van der Waals surface area contributed by atoms with Crippen molar-refractivity contribution >= 4 is 15.8 Å². The number of nitrogens with one attached hydrogen (secondary N) is 2. The van der Waals surface area contributed by atoms with E-state index >= 15 is 0 Å². The van der Waals surface area contributed by atoms with Gasteiger partial charge in [-0.15, -0.1) is 0 Å². The SMILES string of the molecule is [2H]C([2H])([2H])O[C@@]1(C(F)(F)F)CCc2c(S(=O)(=O)Nc3nc(OC)c(OC(F)F)cc3OC)c[nH]c2C1. The fourth-order valence-corrected chi connectivity index (χ4v) is 4.71. The van der Waals surface area contributed by atoms with Crippen LogP contribution in [0.1, 0.15) is 21.8 Å². The van der Waals surface area contributed by atoms with E-state index in [9.17, 15) is 30.4 Å². The highest BCUT2D eigenvalue weighted by molar-refractivity contribution is 7.92. The summed E-state index contributed by atoms with van der Waals surface area (Å²) >= 11 is 0. The van der Waals surface area contributed by atoms with Crippen LogP contribution in [0.3, 0.4) is 0 Å². The standard InChI is InChI=1S/C18H20F5N3O6S/c1-29-11-6-12(32-16(19)20)15(30-2)25-14(11)26-33(27,28)13-8-24-10-7-17(31-3,18(21,22)23)5-4-9(10)13/h6,8,16,24H,4-5,7H2,1-3H3,(H,25,26)/t17-/m0/s1/i3D3. The predicted molar refractivity (Wildman–Crippen MR) is 103 cm³/mol. The number of hydrogen-bond donors (Lipinski definition) is 2. The molecule has 1 aliphatic carbocycles. The Kier molecular flexibility index (Phi) is 5.57. The number of anilines is 1. The van der Waals surface area contributed by atoms with Crippen molar-refractivity contribution in [1.82, 2.24) is 9.97 Å². The first kappa shape index (κ1) is 20.8. The zero-order valence-corrected chi connectivity index (χ0v) is 17.9. The molecule has 9 nitrogen and oxygen atoms in total. The summed E-state index contributed by atoms with van der Waals surface area (Å²) in [6, 6.07) is 0.909. The molecule has 0 saturated heterocycles. The van der Waals surface area contributed by atoms with Crippen molar-refractivity contribution in [2.24, 2.45) is 0 Å². The molecule has 2 heterocycles. The summed E-state index contributed by atoms with van der Waals surface area (Å²) in [6.07, 6.45) is -6.42. The van der Waals surface area contributed by atoms with Gasteiger partial charge in [0.15, 0.2) is 22.9 Å². The number of pyridine rings is 1. The van der Waals surface area contributed by atoms with Crippen molar-refractivity contribution in [2.75, 3.05) is 26.0 Å². The van der Waals surface area contributed by atoms with Gasteiger partial charge in [-0.3, -0.25) is 4.72 Å². The number of aromatic nitrogens is 2. The summed E-state index contributed by atoms with van der Waals surface area (Å²) in [5.74, 6) is -1.83. The molecule has 2 aromatic heterocycles. The average Bonchev–Trinajstić information content (AvgIpc) is 3.15. The van der Waals surface area contributed by atoms with Crippen molar-refractivity contribution in [1.29, 1.82) is 0 Å². The largest absolute Gasteiger partial charge is 0.493 e. The number of halogens is 5. The maximum Gasteiger partial charge on any atom is 0.417 e. The van der Waals surface area contributed by atoms with Crippen LogP contribution in [-0.2, 0) is 27.6 Å². The molecule has 0 fully saturated rings. The van der Waals surface area contributed by atoms with Crippen molar-refractivity contribution in [3.8, 4) is 17.4 Å². The topological polar surface area (TPSA) is 112 Å². The minimum absolute atomic E-state index is 0.0138. The quantitative estimate of drug-likeness (QED) is 0.531. The number of rotatable bonds is 8. The molecule has 1 aliphatic rings. The fourth-order valence-electron chi connectivity index (χ4n) is 3.43. The average molecular weight is 504 g/mol. The Hall–Kier alpha value is -2.81. The van der Waals surface area contributed by atoms with E-state index in [0.29, 0.717) is 0 Å². The van der Waals surface area contributed by atoms with Crippen molar-refractivity contribution in [2.45, 2.75) is 42.5 Å². The molecule has 0 saturated carbocycles. The normalized spacial score (nSPS) is 20.4. The number of ether oxygens (including phenoxy) is 4. The zero-order chi connectivity index (χ0) is 27.1. The van der Waals surface area contributed by atoms with Gasteiger partial charge in [0.05, 0.1) is 18.3 Å². The van der Waals surface area contributed by atoms with Crippen LogP contribution < -0.4 is 18.9 Å². The second-order valence-corrected chi connectivity index (χ2v) is 8.56. The second kappa shape index (κ2) is 8.85. The molecule has 0 aliphatic heterocycles. The number of fused-ring (bicyclic) bond motifs is 1. The molecule has 3 rings (SSSR count). The Morgan fingerprint density at radius 2 is 2.00 bits per heavy atom. The van der Waals surface area contributed by atoms with Gasteiger partial charge in [-0.1, -0.05) is 0 Å². The number of sulfonamides is 1. The van der Waals surface area contributed by atoms with Gasteiger partial charge in [-0.25, -0.2) is 8.42 Å². The van der Waals surface area contributed by atoms with Gasteiger partial charge in [-0.05, 0) is 18.4 Å². The van der Waals surface area contributed by atoms with Crippen LogP contribution in [0.2, 0.25) is 0 Å². The minimum Gasteiger partial charge on any atom is -0.493 e. The van der Waals surface area contributed by atoms with Gasteiger partial charge in [0.2, 0.25) is 0 Å². The lowest BCUT2D eigenvalue weighted by molar-refractivity contribution is -0.273. The second-order valence-electron chi connectivity index (χ2n) is 6.91. The Morgan fingerprint density at radius 3 is 2.58 bits per heavy atom. The van der Waals surface area contributed by atoms with Gasteiger partial charge in [0.25, 0.3) is 15.9 Å². The Labute approximate surface area is 189 Å². The summed E-state index contributed by atoms with van der Waals surface area (Å²) in [6.45, 7) is -3.24. The molecule has 0 bridgehead atoms. The number of alkyl halides is 5. The molecule has 33 heavy (non-hydrogen) atoms. The number of aromatic amines is 1. The smallest absolute Gasteiger partial charge is 0.417 e. The number of nitrogens with zero attached hydrogens (tertiary/aromatic N) is 1. The maximum atomic E-state index is 13.8. The van der Waals surface area contributed by atoms with Gasteiger partial charge in [0, 0.05) is 31.4 Å². The Bertz CT molecular complexity index is 1220. The van der Waals surface area contributed by atoms with E-state index in [4.69, 9.17) is 13.6 Å². The first-order chi connectivity index (χ1) is 16.5.